The number of imidazole rings is 1. The lowest BCUT2D eigenvalue weighted by Gasteiger charge is -2.10. The Kier molecular flexibility index (Phi) is 5.01. The highest BCUT2D eigenvalue weighted by molar-refractivity contribution is 5.93. The second-order valence-corrected chi connectivity index (χ2v) is 8.04. The van der Waals surface area contributed by atoms with Crippen molar-refractivity contribution in [2.45, 2.75) is 20.4 Å². The average molecular weight is 440 g/mol. The van der Waals surface area contributed by atoms with Crippen LogP contribution in [0.1, 0.15) is 11.1 Å². The molecule has 7 heteroatoms. The summed E-state index contributed by atoms with van der Waals surface area (Å²) >= 11 is 0. The van der Waals surface area contributed by atoms with Gasteiger partial charge in [-0.2, -0.15) is 0 Å². The van der Waals surface area contributed by atoms with Crippen LogP contribution in [0.3, 0.4) is 0 Å². The molecule has 0 aliphatic heterocycles. The Morgan fingerprint density at radius 2 is 1.67 bits per heavy atom. The van der Waals surface area contributed by atoms with E-state index in [0.717, 1.165) is 11.1 Å². The van der Waals surface area contributed by atoms with Gasteiger partial charge in [0.2, 0.25) is 11.7 Å². The fourth-order valence-corrected chi connectivity index (χ4v) is 3.95. The number of carbonyl (C=O) groups is 1. The van der Waals surface area contributed by atoms with E-state index in [1.165, 1.54) is 22.6 Å². The molecule has 164 valence electrons. The summed E-state index contributed by atoms with van der Waals surface area (Å²) in [6.07, 6.45) is 0. The number of amides is 1. The molecule has 0 spiro atoms. The number of halogens is 1. The molecular weight excluding hydrogens is 419 g/mol. The number of benzene rings is 3. The van der Waals surface area contributed by atoms with Gasteiger partial charge in [0.05, 0.1) is 16.7 Å². The zero-order chi connectivity index (χ0) is 23.1. The Hall–Kier alpha value is -4.26. The third-order valence-corrected chi connectivity index (χ3v) is 5.79. The van der Waals surface area contributed by atoms with Crippen molar-refractivity contribution in [1.82, 2.24) is 14.0 Å². The highest BCUT2D eigenvalue weighted by Gasteiger charge is 2.17. The number of anilines is 1. The van der Waals surface area contributed by atoms with Gasteiger partial charge in [-0.3, -0.25) is 9.59 Å². The van der Waals surface area contributed by atoms with E-state index in [-0.39, 0.29) is 23.8 Å². The van der Waals surface area contributed by atoms with E-state index in [1.807, 2.05) is 56.3 Å². The number of hydrogen-bond donors (Lipinski definition) is 1. The SMILES string of the molecule is Cc1ccc(NC(=O)Cn2c3ccccc3n3c(=O)cc(-c4ccc(F)cc4)nc23)cc1C. The number of rotatable bonds is 4. The first kappa shape index (κ1) is 20.6. The number of hydrogen-bond acceptors (Lipinski definition) is 3. The molecule has 0 unspecified atom stereocenters. The molecule has 6 nitrogen and oxygen atoms in total. The summed E-state index contributed by atoms with van der Waals surface area (Å²) in [4.78, 5) is 30.7. The van der Waals surface area contributed by atoms with Crippen LogP contribution in [0.15, 0.2) is 77.6 Å². The van der Waals surface area contributed by atoms with Crippen LogP contribution in [0.2, 0.25) is 0 Å². The van der Waals surface area contributed by atoms with E-state index in [0.29, 0.717) is 33.8 Å². The molecule has 0 saturated carbocycles. The van der Waals surface area contributed by atoms with Crippen molar-refractivity contribution >= 4 is 28.4 Å². The van der Waals surface area contributed by atoms with E-state index >= 15 is 0 Å². The fourth-order valence-electron chi connectivity index (χ4n) is 3.95. The van der Waals surface area contributed by atoms with Crippen LogP contribution in [0.25, 0.3) is 28.1 Å². The molecule has 0 aliphatic rings. The summed E-state index contributed by atoms with van der Waals surface area (Å²) < 4.78 is 16.6. The summed E-state index contributed by atoms with van der Waals surface area (Å²) in [7, 11) is 0. The number of aryl methyl sites for hydroxylation is 2. The van der Waals surface area contributed by atoms with Crippen molar-refractivity contribution in [3.8, 4) is 11.3 Å². The maximum absolute atomic E-state index is 13.4. The molecule has 0 aliphatic carbocycles. The summed E-state index contributed by atoms with van der Waals surface area (Å²) in [6, 6.07) is 20.3. The predicted molar refractivity (Wildman–Crippen MR) is 127 cm³/mol. The van der Waals surface area contributed by atoms with Crippen LogP contribution in [-0.4, -0.2) is 19.9 Å². The van der Waals surface area contributed by atoms with Gasteiger partial charge in [-0.1, -0.05) is 18.2 Å². The number of para-hydroxylation sites is 2. The van der Waals surface area contributed by atoms with Gasteiger partial charge in [0.1, 0.15) is 12.4 Å². The largest absolute Gasteiger partial charge is 0.325 e. The molecule has 3 aromatic carbocycles. The Labute approximate surface area is 188 Å². The normalized spacial score (nSPS) is 11.2. The lowest BCUT2D eigenvalue weighted by atomic mass is 10.1. The minimum Gasteiger partial charge on any atom is -0.325 e. The van der Waals surface area contributed by atoms with E-state index in [9.17, 15) is 14.0 Å². The number of carbonyl (C=O) groups excluding carboxylic acids is 1. The lowest BCUT2D eigenvalue weighted by Crippen LogP contribution is -2.20. The molecule has 2 aromatic heterocycles. The van der Waals surface area contributed by atoms with Crippen LogP contribution in [0, 0.1) is 19.7 Å². The van der Waals surface area contributed by atoms with Crippen LogP contribution < -0.4 is 10.9 Å². The van der Waals surface area contributed by atoms with Crippen molar-refractivity contribution in [3.05, 3.63) is 100 Å². The highest BCUT2D eigenvalue weighted by Crippen LogP contribution is 2.22. The van der Waals surface area contributed by atoms with Gasteiger partial charge in [0, 0.05) is 17.3 Å². The molecule has 5 rings (SSSR count). The second-order valence-electron chi connectivity index (χ2n) is 8.04. The standard InChI is InChI=1S/C26H21FN4O2/c1-16-7-12-20(13-17(16)2)28-24(32)15-30-22-5-3-4-6-23(22)31-25(33)14-21(29-26(30)31)18-8-10-19(27)11-9-18/h3-14H,15H2,1-2H3,(H,28,32). The molecule has 1 amide bonds. The third-order valence-electron chi connectivity index (χ3n) is 5.79. The maximum atomic E-state index is 13.4. The summed E-state index contributed by atoms with van der Waals surface area (Å²) in [5.41, 5.74) is 5.08. The summed E-state index contributed by atoms with van der Waals surface area (Å²) in [6.45, 7) is 3.98. The molecule has 33 heavy (non-hydrogen) atoms. The van der Waals surface area contributed by atoms with Crippen LogP contribution in [-0.2, 0) is 11.3 Å². The quantitative estimate of drug-likeness (QED) is 0.440. The van der Waals surface area contributed by atoms with E-state index in [2.05, 4.69) is 10.3 Å². The molecule has 0 radical (unpaired) electrons. The van der Waals surface area contributed by atoms with Crippen molar-refractivity contribution in [2.24, 2.45) is 0 Å². The maximum Gasteiger partial charge on any atom is 0.260 e. The Morgan fingerprint density at radius 1 is 0.939 bits per heavy atom. The smallest absolute Gasteiger partial charge is 0.260 e. The third kappa shape index (κ3) is 3.78. The van der Waals surface area contributed by atoms with Crippen LogP contribution >= 0.6 is 0 Å². The Morgan fingerprint density at radius 3 is 2.39 bits per heavy atom. The average Bonchev–Trinajstić information content (AvgIpc) is 3.11. The molecule has 0 bridgehead atoms. The molecule has 5 aromatic rings. The number of nitrogens with one attached hydrogen (secondary N) is 1. The number of nitrogens with zero attached hydrogens (tertiary/aromatic N) is 3. The number of fused-ring (bicyclic) bond motifs is 3. The summed E-state index contributed by atoms with van der Waals surface area (Å²) in [5, 5.41) is 2.93. The van der Waals surface area contributed by atoms with Crippen molar-refractivity contribution in [3.63, 3.8) is 0 Å². The summed E-state index contributed by atoms with van der Waals surface area (Å²) in [5.74, 6) is -0.255. The monoisotopic (exact) mass is 440 g/mol. The fraction of sp³-hybridized carbons (Fsp3) is 0.115. The molecule has 0 fully saturated rings. The van der Waals surface area contributed by atoms with Gasteiger partial charge in [-0.25, -0.2) is 13.8 Å². The first-order valence-electron chi connectivity index (χ1n) is 10.5. The molecule has 1 N–H and O–H groups in total. The Bertz CT molecular complexity index is 1580. The van der Waals surface area contributed by atoms with Crippen molar-refractivity contribution in [1.29, 1.82) is 0 Å². The minimum atomic E-state index is -0.367. The van der Waals surface area contributed by atoms with Crippen LogP contribution in [0.4, 0.5) is 10.1 Å². The van der Waals surface area contributed by atoms with E-state index < -0.39 is 0 Å². The molecular formula is C26H21FN4O2. The second kappa shape index (κ2) is 8.02. The van der Waals surface area contributed by atoms with Gasteiger partial charge in [0.25, 0.3) is 5.56 Å². The predicted octanol–water partition coefficient (Wildman–Crippen LogP) is 4.71. The van der Waals surface area contributed by atoms with Gasteiger partial charge in [-0.05, 0) is 73.5 Å². The number of aromatic nitrogens is 3. The zero-order valence-corrected chi connectivity index (χ0v) is 18.2. The van der Waals surface area contributed by atoms with Crippen molar-refractivity contribution < 1.29 is 9.18 Å². The van der Waals surface area contributed by atoms with E-state index in [1.54, 1.807) is 16.7 Å². The molecule has 0 saturated heterocycles. The van der Waals surface area contributed by atoms with Gasteiger partial charge >= 0.3 is 0 Å². The first-order chi connectivity index (χ1) is 15.9. The van der Waals surface area contributed by atoms with Gasteiger partial charge in [-0.15, -0.1) is 0 Å². The molecule has 0 atom stereocenters. The first-order valence-corrected chi connectivity index (χ1v) is 10.5. The Balaban J connectivity index is 1.61. The highest BCUT2D eigenvalue weighted by atomic mass is 19.1. The molecule has 2 heterocycles. The lowest BCUT2D eigenvalue weighted by molar-refractivity contribution is -0.116. The van der Waals surface area contributed by atoms with Crippen LogP contribution in [0.5, 0.6) is 0 Å². The van der Waals surface area contributed by atoms with Gasteiger partial charge < -0.3 is 9.88 Å². The topological polar surface area (TPSA) is 68.4 Å². The van der Waals surface area contributed by atoms with E-state index in [4.69, 9.17) is 0 Å². The van der Waals surface area contributed by atoms with Gasteiger partial charge in [0.15, 0.2) is 0 Å². The zero-order valence-electron chi connectivity index (χ0n) is 18.2. The van der Waals surface area contributed by atoms with Crippen molar-refractivity contribution in [2.75, 3.05) is 5.32 Å². The minimum absolute atomic E-state index is 0.0246.